The molecule has 0 aliphatic carbocycles. The molecule has 1 atom stereocenters. The van der Waals surface area contributed by atoms with Crippen molar-refractivity contribution in [3.8, 4) is 11.5 Å². The van der Waals surface area contributed by atoms with E-state index in [4.69, 9.17) is 14.2 Å². The van der Waals surface area contributed by atoms with Crippen LogP contribution in [0, 0.1) is 0 Å². The lowest BCUT2D eigenvalue weighted by Gasteiger charge is -2.36. The molecule has 1 fully saturated rings. The number of hydrogen-bond acceptors (Lipinski definition) is 6. The number of fused-ring (bicyclic) bond motifs is 1. The number of benzene rings is 2. The van der Waals surface area contributed by atoms with E-state index in [1.165, 1.54) is 23.2 Å². The van der Waals surface area contributed by atoms with E-state index in [0.717, 1.165) is 39.3 Å². The van der Waals surface area contributed by atoms with Crippen molar-refractivity contribution < 1.29 is 19.0 Å². The number of hydrogen-bond donors (Lipinski definition) is 1. The predicted octanol–water partition coefficient (Wildman–Crippen LogP) is 2.65. The Balaban J connectivity index is 1.41. The third kappa shape index (κ3) is 5.53. The van der Waals surface area contributed by atoms with Gasteiger partial charge in [0.2, 0.25) is 0 Å². The molecule has 1 N–H and O–H groups in total. The summed E-state index contributed by atoms with van der Waals surface area (Å²) in [5.74, 6) is 1.18. The van der Waals surface area contributed by atoms with E-state index < -0.39 is 0 Å². The number of aryl methyl sites for hydroxylation is 1. The maximum atomic E-state index is 12.5. The molecule has 1 amide bonds. The van der Waals surface area contributed by atoms with Gasteiger partial charge < -0.3 is 24.4 Å². The van der Waals surface area contributed by atoms with E-state index in [2.05, 4.69) is 40.4 Å². The van der Waals surface area contributed by atoms with E-state index in [9.17, 15) is 4.79 Å². The number of methoxy groups -OCH3 is 1. The van der Waals surface area contributed by atoms with Gasteiger partial charge in [0, 0.05) is 45.0 Å². The Kier molecular flexibility index (Phi) is 7.50. The van der Waals surface area contributed by atoms with Crippen LogP contribution in [0.15, 0.2) is 42.5 Å². The molecule has 2 aliphatic rings. The molecule has 0 saturated carbocycles. The van der Waals surface area contributed by atoms with Gasteiger partial charge in [0.1, 0.15) is 11.5 Å². The standard InChI is InChI=1S/C25H33N3O4/c1-27-10-4-5-19-15-20(8-9-23(19)27)24(28-11-13-31-14-12-28)17-26-25(29)18-32-22-7-3-6-21(16-22)30-2/h3,6-9,15-16,24H,4-5,10-14,17-18H2,1-2H3,(H,26,29)/t24-/m0/s1. The highest BCUT2D eigenvalue weighted by atomic mass is 16.5. The van der Waals surface area contributed by atoms with Crippen molar-refractivity contribution >= 4 is 11.6 Å². The van der Waals surface area contributed by atoms with Crippen LogP contribution in [0.1, 0.15) is 23.6 Å². The maximum absolute atomic E-state index is 12.5. The Bertz CT molecular complexity index is 914. The van der Waals surface area contributed by atoms with Crippen molar-refractivity contribution in [3.05, 3.63) is 53.6 Å². The van der Waals surface area contributed by atoms with Crippen LogP contribution in [0.5, 0.6) is 11.5 Å². The molecular weight excluding hydrogens is 406 g/mol. The van der Waals surface area contributed by atoms with Gasteiger partial charge in [-0.15, -0.1) is 0 Å². The van der Waals surface area contributed by atoms with E-state index in [1.807, 2.05) is 18.2 Å². The summed E-state index contributed by atoms with van der Waals surface area (Å²) in [6.07, 6.45) is 2.28. The first kappa shape index (κ1) is 22.4. The average Bonchev–Trinajstić information content (AvgIpc) is 2.84. The minimum absolute atomic E-state index is 0.0298. The summed E-state index contributed by atoms with van der Waals surface area (Å²) in [7, 11) is 3.76. The van der Waals surface area contributed by atoms with Crippen LogP contribution in [-0.4, -0.2) is 71.0 Å². The summed E-state index contributed by atoms with van der Waals surface area (Å²) in [4.78, 5) is 17.3. The molecule has 1 saturated heterocycles. The number of rotatable bonds is 8. The fraction of sp³-hybridized carbons (Fsp3) is 0.480. The fourth-order valence-electron chi connectivity index (χ4n) is 4.46. The van der Waals surface area contributed by atoms with Gasteiger partial charge in [0.05, 0.1) is 26.4 Å². The number of nitrogens with one attached hydrogen (secondary N) is 1. The second kappa shape index (κ2) is 10.7. The van der Waals surface area contributed by atoms with Crippen LogP contribution < -0.4 is 19.7 Å². The van der Waals surface area contributed by atoms with Crippen molar-refractivity contribution in [1.82, 2.24) is 10.2 Å². The topological polar surface area (TPSA) is 63.3 Å². The van der Waals surface area contributed by atoms with Crippen molar-refractivity contribution in [2.24, 2.45) is 0 Å². The molecule has 7 heteroatoms. The number of ether oxygens (including phenoxy) is 3. The third-order valence-electron chi connectivity index (χ3n) is 6.23. The van der Waals surface area contributed by atoms with Crippen LogP contribution >= 0.6 is 0 Å². The number of carbonyl (C=O) groups is 1. The van der Waals surface area contributed by atoms with Crippen LogP contribution in [0.25, 0.3) is 0 Å². The summed E-state index contributed by atoms with van der Waals surface area (Å²) in [6, 6.07) is 14.1. The molecule has 7 nitrogen and oxygen atoms in total. The molecule has 4 rings (SSSR count). The lowest BCUT2D eigenvalue weighted by molar-refractivity contribution is -0.123. The minimum Gasteiger partial charge on any atom is -0.497 e. The Hall–Kier alpha value is -2.77. The zero-order valence-electron chi connectivity index (χ0n) is 19.0. The van der Waals surface area contributed by atoms with Gasteiger partial charge in [-0.3, -0.25) is 9.69 Å². The van der Waals surface area contributed by atoms with Gasteiger partial charge in [0.15, 0.2) is 6.61 Å². The van der Waals surface area contributed by atoms with Crippen LogP contribution in [0.4, 0.5) is 5.69 Å². The number of anilines is 1. The number of amides is 1. The molecular formula is C25H33N3O4. The second-order valence-corrected chi connectivity index (χ2v) is 8.35. The Morgan fingerprint density at radius 1 is 1.12 bits per heavy atom. The summed E-state index contributed by atoms with van der Waals surface area (Å²) >= 11 is 0. The second-order valence-electron chi connectivity index (χ2n) is 8.35. The van der Waals surface area contributed by atoms with Gasteiger partial charge in [-0.25, -0.2) is 0 Å². The van der Waals surface area contributed by atoms with Crippen LogP contribution in [0.2, 0.25) is 0 Å². The van der Waals surface area contributed by atoms with Crippen molar-refractivity contribution in [2.75, 3.05) is 65.1 Å². The number of nitrogens with zero attached hydrogens (tertiary/aromatic N) is 2. The monoisotopic (exact) mass is 439 g/mol. The highest BCUT2D eigenvalue weighted by Gasteiger charge is 2.25. The highest BCUT2D eigenvalue weighted by molar-refractivity contribution is 5.77. The van der Waals surface area contributed by atoms with Gasteiger partial charge in [0.25, 0.3) is 5.91 Å². The summed E-state index contributed by atoms with van der Waals surface area (Å²) in [5, 5.41) is 3.08. The normalized spacial score (nSPS) is 17.4. The molecule has 2 aromatic rings. The quantitative estimate of drug-likeness (QED) is 0.682. The first-order valence-corrected chi connectivity index (χ1v) is 11.3. The molecule has 2 aliphatic heterocycles. The summed E-state index contributed by atoms with van der Waals surface area (Å²) in [5.41, 5.74) is 3.95. The van der Waals surface area contributed by atoms with Crippen molar-refractivity contribution in [1.29, 1.82) is 0 Å². The lowest BCUT2D eigenvalue weighted by Crippen LogP contribution is -2.44. The molecule has 0 radical (unpaired) electrons. The Labute approximate surface area is 190 Å². The Morgan fingerprint density at radius 2 is 1.94 bits per heavy atom. The molecule has 172 valence electrons. The van der Waals surface area contributed by atoms with Crippen molar-refractivity contribution in [3.63, 3.8) is 0 Å². The number of morpholine rings is 1. The van der Waals surface area contributed by atoms with E-state index in [1.54, 1.807) is 13.2 Å². The third-order valence-corrected chi connectivity index (χ3v) is 6.23. The van der Waals surface area contributed by atoms with Crippen LogP contribution in [-0.2, 0) is 16.0 Å². The molecule has 0 unspecified atom stereocenters. The van der Waals surface area contributed by atoms with E-state index in [-0.39, 0.29) is 18.6 Å². The smallest absolute Gasteiger partial charge is 0.258 e. The van der Waals surface area contributed by atoms with Crippen LogP contribution in [0.3, 0.4) is 0 Å². The van der Waals surface area contributed by atoms with Gasteiger partial charge in [-0.1, -0.05) is 18.2 Å². The minimum atomic E-state index is -0.135. The molecule has 2 aromatic carbocycles. The molecule has 0 aromatic heterocycles. The first-order chi connectivity index (χ1) is 15.6. The largest absolute Gasteiger partial charge is 0.497 e. The van der Waals surface area contributed by atoms with E-state index >= 15 is 0 Å². The lowest BCUT2D eigenvalue weighted by atomic mass is 9.95. The molecule has 0 spiro atoms. The molecule has 32 heavy (non-hydrogen) atoms. The Morgan fingerprint density at radius 3 is 2.75 bits per heavy atom. The SMILES string of the molecule is COc1cccc(OCC(=O)NC[C@@H](c2ccc3c(c2)CCCN3C)N2CCOCC2)c1. The zero-order chi connectivity index (χ0) is 22.3. The molecule has 0 bridgehead atoms. The predicted molar refractivity (Wildman–Crippen MR) is 125 cm³/mol. The zero-order valence-corrected chi connectivity index (χ0v) is 19.0. The summed E-state index contributed by atoms with van der Waals surface area (Å²) < 4.78 is 16.4. The fourth-order valence-corrected chi connectivity index (χ4v) is 4.46. The van der Waals surface area contributed by atoms with E-state index in [0.29, 0.717) is 18.0 Å². The van der Waals surface area contributed by atoms with Gasteiger partial charge >= 0.3 is 0 Å². The average molecular weight is 440 g/mol. The van der Waals surface area contributed by atoms with Crippen molar-refractivity contribution in [2.45, 2.75) is 18.9 Å². The maximum Gasteiger partial charge on any atom is 0.258 e. The summed E-state index contributed by atoms with van der Waals surface area (Å²) in [6.45, 7) is 4.76. The highest BCUT2D eigenvalue weighted by Crippen LogP contribution is 2.31. The van der Waals surface area contributed by atoms with Gasteiger partial charge in [-0.2, -0.15) is 0 Å². The van der Waals surface area contributed by atoms with Gasteiger partial charge in [-0.05, 0) is 42.2 Å². The molecule has 2 heterocycles. The first-order valence-electron chi connectivity index (χ1n) is 11.3. The number of carbonyl (C=O) groups excluding carboxylic acids is 1.